The predicted octanol–water partition coefficient (Wildman–Crippen LogP) is 1.33. The molecule has 0 unspecified atom stereocenters. The Labute approximate surface area is 118 Å². The number of benzene rings is 1. The number of nitrogens with one attached hydrogen (secondary N) is 1. The van der Waals surface area contributed by atoms with Crippen LogP contribution < -0.4 is 4.72 Å². The van der Waals surface area contributed by atoms with Crippen LogP contribution in [-0.2, 0) is 21.4 Å². The van der Waals surface area contributed by atoms with Crippen molar-refractivity contribution < 1.29 is 22.7 Å². The number of halogens is 1. The number of sulfonamides is 1. The quantitative estimate of drug-likeness (QED) is 0.745. The van der Waals surface area contributed by atoms with Crippen molar-refractivity contribution in [2.75, 3.05) is 13.2 Å². The van der Waals surface area contributed by atoms with Gasteiger partial charge < -0.3 is 9.84 Å². The molecule has 1 aromatic rings. The summed E-state index contributed by atoms with van der Waals surface area (Å²) in [5, 5.41) is 9.02. The number of ether oxygens (including phenoxy) is 1. The van der Waals surface area contributed by atoms with Gasteiger partial charge >= 0.3 is 0 Å². The molecule has 1 aromatic carbocycles. The van der Waals surface area contributed by atoms with Crippen molar-refractivity contribution in [2.24, 2.45) is 0 Å². The first-order chi connectivity index (χ1) is 9.27. The molecular formula is C13H20FNO4S. The van der Waals surface area contributed by atoms with Gasteiger partial charge in [0.1, 0.15) is 5.82 Å². The van der Waals surface area contributed by atoms with Crippen LogP contribution in [0.4, 0.5) is 4.39 Å². The monoisotopic (exact) mass is 305 g/mol. The third-order valence-corrected chi connectivity index (χ3v) is 4.26. The standard InChI is InChI=1S/C13H20FNO4S/c1-9(2)19-5-4-15-20(17,18)13-7-11(8-16)6-12(14)10(13)3/h6-7,9,15-16H,4-5,8H2,1-3H3. The van der Waals surface area contributed by atoms with Gasteiger partial charge in [0, 0.05) is 12.1 Å². The Balaban J connectivity index is 2.89. The third kappa shape index (κ3) is 4.52. The fourth-order valence-corrected chi connectivity index (χ4v) is 2.94. The zero-order chi connectivity index (χ0) is 15.3. The zero-order valence-corrected chi connectivity index (χ0v) is 12.6. The van der Waals surface area contributed by atoms with Crippen molar-refractivity contribution >= 4 is 10.0 Å². The van der Waals surface area contributed by atoms with Crippen LogP contribution in [0.2, 0.25) is 0 Å². The van der Waals surface area contributed by atoms with Crippen LogP contribution in [0.25, 0.3) is 0 Å². The number of aliphatic hydroxyl groups excluding tert-OH is 1. The average Bonchev–Trinajstić information content (AvgIpc) is 2.37. The van der Waals surface area contributed by atoms with Gasteiger partial charge in [-0.1, -0.05) is 0 Å². The Morgan fingerprint density at radius 3 is 2.60 bits per heavy atom. The summed E-state index contributed by atoms with van der Waals surface area (Å²) < 4.78 is 45.4. The molecule has 2 N–H and O–H groups in total. The number of rotatable bonds is 7. The molecule has 5 nitrogen and oxygen atoms in total. The molecule has 0 spiro atoms. The molecule has 0 aliphatic carbocycles. The van der Waals surface area contributed by atoms with Crippen molar-refractivity contribution in [1.29, 1.82) is 0 Å². The lowest BCUT2D eigenvalue weighted by molar-refractivity contribution is 0.0834. The van der Waals surface area contributed by atoms with Gasteiger partial charge in [-0.05, 0) is 38.5 Å². The number of hydrogen-bond donors (Lipinski definition) is 2. The minimum atomic E-state index is -3.83. The normalized spacial score (nSPS) is 12.1. The molecule has 0 aromatic heterocycles. The molecule has 0 bridgehead atoms. The Morgan fingerprint density at radius 2 is 2.05 bits per heavy atom. The van der Waals surface area contributed by atoms with E-state index in [0.717, 1.165) is 6.07 Å². The molecule has 114 valence electrons. The van der Waals surface area contributed by atoms with E-state index in [1.165, 1.54) is 13.0 Å². The zero-order valence-electron chi connectivity index (χ0n) is 11.8. The number of aliphatic hydroxyl groups is 1. The molecular weight excluding hydrogens is 285 g/mol. The van der Waals surface area contributed by atoms with Crippen LogP contribution in [0.1, 0.15) is 25.0 Å². The predicted molar refractivity (Wildman–Crippen MR) is 73.3 cm³/mol. The first-order valence-corrected chi connectivity index (χ1v) is 7.77. The van der Waals surface area contributed by atoms with E-state index in [-0.39, 0.29) is 35.3 Å². The maximum Gasteiger partial charge on any atom is 0.241 e. The maximum atomic E-state index is 13.6. The summed E-state index contributed by atoms with van der Waals surface area (Å²) in [5.41, 5.74) is 0.242. The first-order valence-electron chi connectivity index (χ1n) is 6.29. The molecule has 0 amide bonds. The molecule has 1 rings (SSSR count). The highest BCUT2D eigenvalue weighted by molar-refractivity contribution is 7.89. The van der Waals surface area contributed by atoms with Gasteiger partial charge in [0.2, 0.25) is 10.0 Å². The minimum Gasteiger partial charge on any atom is -0.392 e. The van der Waals surface area contributed by atoms with E-state index in [9.17, 15) is 12.8 Å². The maximum absolute atomic E-state index is 13.6. The summed E-state index contributed by atoms with van der Waals surface area (Å²) in [5.74, 6) is -0.657. The van der Waals surface area contributed by atoms with E-state index < -0.39 is 22.4 Å². The lowest BCUT2D eigenvalue weighted by atomic mass is 10.1. The summed E-state index contributed by atoms with van der Waals surface area (Å²) in [4.78, 5) is -0.161. The topological polar surface area (TPSA) is 75.6 Å². The van der Waals surface area contributed by atoms with Crippen LogP contribution in [0, 0.1) is 12.7 Å². The van der Waals surface area contributed by atoms with Crippen LogP contribution in [0.15, 0.2) is 17.0 Å². The van der Waals surface area contributed by atoms with Gasteiger partial charge in [-0.25, -0.2) is 17.5 Å². The van der Waals surface area contributed by atoms with E-state index >= 15 is 0 Å². The van der Waals surface area contributed by atoms with Crippen molar-refractivity contribution in [1.82, 2.24) is 4.72 Å². The molecule has 0 aliphatic rings. The molecule has 7 heteroatoms. The summed E-state index contributed by atoms with van der Waals surface area (Å²) in [7, 11) is -3.83. The lowest BCUT2D eigenvalue weighted by Crippen LogP contribution is -2.29. The van der Waals surface area contributed by atoms with Gasteiger partial charge in [0.25, 0.3) is 0 Å². The highest BCUT2D eigenvalue weighted by atomic mass is 32.2. The fourth-order valence-electron chi connectivity index (χ4n) is 1.63. The third-order valence-electron chi connectivity index (χ3n) is 2.67. The first kappa shape index (κ1) is 17.0. The average molecular weight is 305 g/mol. The van der Waals surface area contributed by atoms with Gasteiger partial charge in [0.15, 0.2) is 0 Å². The van der Waals surface area contributed by atoms with Crippen LogP contribution >= 0.6 is 0 Å². The number of hydrogen-bond acceptors (Lipinski definition) is 4. The van der Waals surface area contributed by atoms with Crippen molar-refractivity contribution in [3.05, 3.63) is 29.1 Å². The van der Waals surface area contributed by atoms with E-state index in [0.29, 0.717) is 0 Å². The van der Waals surface area contributed by atoms with Gasteiger partial charge in [0.05, 0.1) is 24.2 Å². The van der Waals surface area contributed by atoms with Crippen LogP contribution in [-0.4, -0.2) is 32.8 Å². The fraction of sp³-hybridized carbons (Fsp3) is 0.538. The van der Waals surface area contributed by atoms with E-state index in [4.69, 9.17) is 9.84 Å². The van der Waals surface area contributed by atoms with Crippen molar-refractivity contribution in [2.45, 2.75) is 38.4 Å². The van der Waals surface area contributed by atoms with Crippen LogP contribution in [0.5, 0.6) is 0 Å². The second kappa shape index (κ2) is 7.12. The second-order valence-electron chi connectivity index (χ2n) is 4.68. The molecule has 0 saturated heterocycles. The van der Waals surface area contributed by atoms with Crippen molar-refractivity contribution in [3.8, 4) is 0 Å². The molecule has 0 atom stereocenters. The van der Waals surface area contributed by atoms with E-state index in [1.54, 1.807) is 0 Å². The largest absolute Gasteiger partial charge is 0.392 e. The smallest absolute Gasteiger partial charge is 0.241 e. The Morgan fingerprint density at radius 1 is 1.40 bits per heavy atom. The second-order valence-corrected chi connectivity index (χ2v) is 6.41. The molecule has 0 saturated carbocycles. The summed E-state index contributed by atoms with van der Waals surface area (Å²) in [6.45, 7) is 4.99. The Hall–Kier alpha value is -1.02. The van der Waals surface area contributed by atoms with Gasteiger partial charge in [-0.3, -0.25) is 0 Å². The molecule has 20 heavy (non-hydrogen) atoms. The highest BCUT2D eigenvalue weighted by Crippen LogP contribution is 2.20. The van der Waals surface area contributed by atoms with Gasteiger partial charge in [-0.2, -0.15) is 0 Å². The Bertz CT molecular complexity index is 558. The summed E-state index contributed by atoms with van der Waals surface area (Å²) >= 11 is 0. The molecule has 0 aliphatic heterocycles. The molecule has 0 heterocycles. The SMILES string of the molecule is Cc1c(F)cc(CO)cc1S(=O)(=O)NCCOC(C)C. The minimum absolute atomic E-state index is 0.0106. The van der Waals surface area contributed by atoms with Crippen molar-refractivity contribution in [3.63, 3.8) is 0 Å². The highest BCUT2D eigenvalue weighted by Gasteiger charge is 2.19. The van der Waals surface area contributed by atoms with E-state index in [2.05, 4.69) is 4.72 Å². The summed E-state index contributed by atoms with van der Waals surface area (Å²) in [6.07, 6.45) is 0.0106. The molecule has 0 radical (unpaired) electrons. The Kier molecular flexibility index (Phi) is 6.07. The van der Waals surface area contributed by atoms with Gasteiger partial charge in [-0.15, -0.1) is 0 Å². The molecule has 0 fully saturated rings. The van der Waals surface area contributed by atoms with Crippen LogP contribution in [0.3, 0.4) is 0 Å². The lowest BCUT2D eigenvalue weighted by Gasteiger charge is -2.12. The summed E-state index contributed by atoms with van der Waals surface area (Å²) in [6, 6.07) is 2.39. The van der Waals surface area contributed by atoms with E-state index in [1.807, 2.05) is 13.8 Å².